The molecule has 0 atom stereocenters. The van der Waals surface area contributed by atoms with Crippen molar-refractivity contribution in [3.05, 3.63) is 40.6 Å². The zero-order valence-electron chi connectivity index (χ0n) is 6.91. The molecule has 0 aliphatic heterocycles. The molecule has 1 rings (SSSR count). The fourth-order valence-electron chi connectivity index (χ4n) is 0.964. The quantitative estimate of drug-likeness (QED) is 0.395. The molecule has 0 radical (unpaired) electrons. The summed E-state index contributed by atoms with van der Waals surface area (Å²) in [5.74, 6) is 0. The normalized spacial score (nSPS) is 11.2. The number of aryl methyl sites for hydroxylation is 1. The van der Waals surface area contributed by atoms with Crippen LogP contribution in [0.5, 0.6) is 0 Å². The SMILES string of the molecule is C=C/C=C(/C=O)c1sccc1C. The maximum atomic E-state index is 10.6. The first-order valence-corrected chi connectivity index (χ1v) is 4.50. The van der Waals surface area contributed by atoms with Crippen LogP contribution in [0.3, 0.4) is 0 Å². The van der Waals surface area contributed by atoms with Gasteiger partial charge in [0.15, 0.2) is 6.29 Å². The lowest BCUT2D eigenvalue weighted by atomic mass is 10.1. The molecule has 0 unspecified atom stereocenters. The van der Waals surface area contributed by atoms with Gasteiger partial charge in [0.25, 0.3) is 0 Å². The minimum atomic E-state index is 0.706. The van der Waals surface area contributed by atoms with Crippen LogP contribution in [0.25, 0.3) is 5.57 Å². The monoisotopic (exact) mass is 178 g/mol. The third-order valence-electron chi connectivity index (χ3n) is 1.55. The van der Waals surface area contributed by atoms with E-state index in [9.17, 15) is 4.79 Å². The maximum Gasteiger partial charge on any atom is 0.151 e. The highest BCUT2D eigenvalue weighted by Gasteiger charge is 2.03. The Balaban J connectivity index is 3.10. The molecule has 0 spiro atoms. The van der Waals surface area contributed by atoms with E-state index < -0.39 is 0 Å². The summed E-state index contributed by atoms with van der Waals surface area (Å²) < 4.78 is 0. The topological polar surface area (TPSA) is 17.1 Å². The highest BCUT2D eigenvalue weighted by molar-refractivity contribution is 7.11. The van der Waals surface area contributed by atoms with E-state index in [4.69, 9.17) is 0 Å². The second-order valence-corrected chi connectivity index (χ2v) is 3.32. The van der Waals surface area contributed by atoms with Crippen molar-refractivity contribution in [1.82, 2.24) is 0 Å². The highest BCUT2D eigenvalue weighted by atomic mass is 32.1. The van der Waals surface area contributed by atoms with Gasteiger partial charge in [-0.05, 0) is 23.9 Å². The summed E-state index contributed by atoms with van der Waals surface area (Å²) in [4.78, 5) is 11.7. The lowest BCUT2D eigenvalue weighted by Crippen LogP contribution is -1.82. The van der Waals surface area contributed by atoms with Crippen LogP contribution in [0.1, 0.15) is 10.4 Å². The number of aldehydes is 1. The van der Waals surface area contributed by atoms with Gasteiger partial charge in [-0.2, -0.15) is 0 Å². The molecule has 0 amide bonds. The molecule has 0 saturated carbocycles. The van der Waals surface area contributed by atoms with Gasteiger partial charge in [0.1, 0.15) is 0 Å². The van der Waals surface area contributed by atoms with E-state index in [0.717, 1.165) is 16.7 Å². The van der Waals surface area contributed by atoms with Gasteiger partial charge in [0.2, 0.25) is 0 Å². The first-order valence-electron chi connectivity index (χ1n) is 3.62. The lowest BCUT2D eigenvalue weighted by Gasteiger charge is -1.95. The predicted molar refractivity (Wildman–Crippen MR) is 53.3 cm³/mol. The first kappa shape index (κ1) is 8.94. The van der Waals surface area contributed by atoms with Crippen LogP contribution in [0.2, 0.25) is 0 Å². The van der Waals surface area contributed by atoms with E-state index in [-0.39, 0.29) is 0 Å². The van der Waals surface area contributed by atoms with E-state index in [0.29, 0.717) is 5.57 Å². The molecule has 12 heavy (non-hydrogen) atoms. The van der Waals surface area contributed by atoms with Gasteiger partial charge in [0, 0.05) is 10.5 Å². The van der Waals surface area contributed by atoms with E-state index in [2.05, 4.69) is 6.58 Å². The van der Waals surface area contributed by atoms with E-state index in [1.54, 1.807) is 23.5 Å². The Kier molecular flexibility index (Phi) is 3.00. The van der Waals surface area contributed by atoms with Crippen LogP contribution in [0.4, 0.5) is 0 Å². The van der Waals surface area contributed by atoms with Crippen LogP contribution in [0.15, 0.2) is 30.2 Å². The van der Waals surface area contributed by atoms with E-state index >= 15 is 0 Å². The van der Waals surface area contributed by atoms with Crippen LogP contribution in [-0.4, -0.2) is 6.29 Å². The zero-order valence-corrected chi connectivity index (χ0v) is 7.73. The van der Waals surface area contributed by atoms with Crippen molar-refractivity contribution in [1.29, 1.82) is 0 Å². The van der Waals surface area contributed by atoms with E-state index in [1.165, 1.54) is 0 Å². The van der Waals surface area contributed by atoms with Gasteiger partial charge >= 0.3 is 0 Å². The van der Waals surface area contributed by atoms with E-state index in [1.807, 2.05) is 18.4 Å². The molecule has 2 heteroatoms. The third-order valence-corrected chi connectivity index (χ3v) is 2.61. The number of carbonyl (C=O) groups excluding carboxylic acids is 1. The van der Waals surface area contributed by atoms with Gasteiger partial charge in [-0.1, -0.05) is 18.7 Å². The number of rotatable bonds is 3. The predicted octanol–water partition coefficient (Wildman–Crippen LogP) is 2.82. The van der Waals surface area contributed by atoms with Crippen molar-refractivity contribution in [3.8, 4) is 0 Å². The Morgan fingerprint density at radius 2 is 2.42 bits per heavy atom. The Labute approximate surface area is 76.0 Å². The fraction of sp³-hybridized carbons (Fsp3) is 0.100. The molecule has 1 heterocycles. The Morgan fingerprint density at radius 1 is 1.67 bits per heavy atom. The molecule has 0 aromatic carbocycles. The molecule has 1 aromatic rings. The summed E-state index contributed by atoms with van der Waals surface area (Å²) in [5, 5.41) is 1.98. The Hall–Kier alpha value is -1.15. The van der Waals surface area contributed by atoms with Crippen molar-refractivity contribution < 1.29 is 4.79 Å². The Morgan fingerprint density at radius 3 is 2.83 bits per heavy atom. The van der Waals surface area contributed by atoms with Gasteiger partial charge in [-0.15, -0.1) is 11.3 Å². The summed E-state index contributed by atoms with van der Waals surface area (Å²) in [6.07, 6.45) is 4.22. The van der Waals surface area contributed by atoms with Crippen molar-refractivity contribution in [2.75, 3.05) is 0 Å². The molecule has 1 nitrogen and oxygen atoms in total. The number of allylic oxidation sites excluding steroid dienone is 3. The third kappa shape index (κ3) is 1.71. The summed E-state index contributed by atoms with van der Waals surface area (Å²) >= 11 is 1.57. The standard InChI is InChI=1S/C10H10OS/c1-3-4-9(7-11)10-8(2)5-6-12-10/h3-7H,1H2,2H3/b9-4-. The van der Waals surface area contributed by atoms with Crippen molar-refractivity contribution in [2.45, 2.75) is 6.92 Å². The summed E-state index contributed by atoms with van der Waals surface area (Å²) in [6, 6.07) is 2.00. The van der Waals surface area contributed by atoms with Crippen LogP contribution < -0.4 is 0 Å². The number of thiophene rings is 1. The molecule has 0 bridgehead atoms. The van der Waals surface area contributed by atoms with Crippen molar-refractivity contribution in [3.63, 3.8) is 0 Å². The molecule has 0 aliphatic rings. The first-order chi connectivity index (χ1) is 5.79. The zero-order chi connectivity index (χ0) is 8.97. The minimum absolute atomic E-state index is 0.706. The molecule has 62 valence electrons. The lowest BCUT2D eigenvalue weighted by molar-refractivity contribution is -0.103. The van der Waals surface area contributed by atoms with Gasteiger partial charge < -0.3 is 0 Å². The summed E-state index contributed by atoms with van der Waals surface area (Å²) in [7, 11) is 0. The fourth-order valence-corrected chi connectivity index (χ4v) is 1.88. The molecule has 0 N–H and O–H groups in total. The summed E-state index contributed by atoms with van der Waals surface area (Å²) in [5.41, 5.74) is 1.85. The molecule has 0 fully saturated rings. The smallest absolute Gasteiger partial charge is 0.151 e. The average molecular weight is 178 g/mol. The number of hydrogen-bond donors (Lipinski definition) is 0. The number of hydrogen-bond acceptors (Lipinski definition) is 2. The van der Waals surface area contributed by atoms with Crippen molar-refractivity contribution >= 4 is 23.2 Å². The van der Waals surface area contributed by atoms with Gasteiger partial charge in [-0.3, -0.25) is 4.79 Å². The van der Waals surface area contributed by atoms with Crippen LogP contribution in [-0.2, 0) is 4.79 Å². The van der Waals surface area contributed by atoms with Crippen molar-refractivity contribution in [2.24, 2.45) is 0 Å². The van der Waals surface area contributed by atoms with Crippen LogP contribution in [0, 0.1) is 6.92 Å². The minimum Gasteiger partial charge on any atom is -0.298 e. The van der Waals surface area contributed by atoms with Gasteiger partial charge in [-0.25, -0.2) is 0 Å². The van der Waals surface area contributed by atoms with Crippen LogP contribution >= 0.6 is 11.3 Å². The second-order valence-electron chi connectivity index (χ2n) is 2.41. The maximum absolute atomic E-state index is 10.6. The molecule has 0 aliphatic carbocycles. The second kappa shape index (κ2) is 4.02. The molecule has 0 saturated heterocycles. The molecule has 1 aromatic heterocycles. The average Bonchev–Trinajstić information content (AvgIpc) is 2.47. The summed E-state index contributed by atoms with van der Waals surface area (Å²) in [6.45, 7) is 5.55. The van der Waals surface area contributed by atoms with Gasteiger partial charge in [0.05, 0.1) is 0 Å². The molecular weight excluding hydrogens is 168 g/mol. The highest BCUT2D eigenvalue weighted by Crippen LogP contribution is 2.23. The Bertz CT molecular complexity index is 320. The number of carbonyl (C=O) groups is 1. The largest absolute Gasteiger partial charge is 0.298 e. The molecular formula is C10H10OS.